The molecule has 1 atom stereocenters. The maximum absolute atomic E-state index is 12.5. The molecule has 1 aromatic rings. The number of amides is 1. The Bertz CT molecular complexity index is 558. The summed E-state index contributed by atoms with van der Waals surface area (Å²) in [7, 11) is 0. The Morgan fingerprint density at radius 1 is 1.38 bits per heavy atom. The van der Waals surface area contributed by atoms with Crippen molar-refractivity contribution in [2.75, 3.05) is 11.5 Å². The molecule has 0 spiro atoms. The summed E-state index contributed by atoms with van der Waals surface area (Å²) >= 11 is 0. The highest BCUT2D eigenvalue weighted by molar-refractivity contribution is 5.92. The molecule has 1 saturated carbocycles. The Hall–Kier alpha value is -1.55. The van der Waals surface area contributed by atoms with Gasteiger partial charge in [0.05, 0.1) is 18.3 Å². The molecule has 0 unspecified atom stereocenters. The maximum Gasteiger partial charge on any atom is 0.415 e. The van der Waals surface area contributed by atoms with Crippen LogP contribution in [0.25, 0.3) is 0 Å². The number of benzene rings is 1. The lowest BCUT2D eigenvalue weighted by molar-refractivity contribution is 0.0557. The molecule has 21 heavy (non-hydrogen) atoms. The number of ether oxygens (including phenoxy) is 1. The first-order valence-electron chi connectivity index (χ1n) is 7.65. The fraction of sp³-hybridized carbons (Fsp3) is 0.588. The van der Waals surface area contributed by atoms with Crippen LogP contribution in [-0.2, 0) is 11.2 Å². The number of rotatable bonds is 2. The zero-order valence-corrected chi connectivity index (χ0v) is 12.9. The van der Waals surface area contributed by atoms with E-state index in [0.717, 1.165) is 12.1 Å². The highest BCUT2D eigenvalue weighted by atomic mass is 16.6. The molecular formula is C17H23NO3. The van der Waals surface area contributed by atoms with E-state index in [0.29, 0.717) is 5.92 Å². The number of aliphatic hydroxyl groups is 1. The van der Waals surface area contributed by atoms with Crippen molar-refractivity contribution in [3.05, 3.63) is 29.3 Å². The zero-order chi connectivity index (χ0) is 15.2. The van der Waals surface area contributed by atoms with Gasteiger partial charge in [0.2, 0.25) is 0 Å². The fourth-order valence-electron chi connectivity index (χ4n) is 3.05. The van der Waals surface area contributed by atoms with Crippen LogP contribution in [0.4, 0.5) is 10.5 Å². The standard InChI is InChI=1S/C17H23NO3/c1-17(2,3)21-16(20)18-12(10-19)9-14-13(11-7-8-11)5-4-6-15(14)18/h4-6,11-12,19H,7-10H2,1-3H3/t12-/m0/s1. The van der Waals surface area contributed by atoms with Gasteiger partial charge in [0.25, 0.3) is 0 Å². The molecule has 0 bridgehead atoms. The molecule has 3 rings (SSSR count). The number of nitrogens with zero attached hydrogens (tertiary/aromatic N) is 1. The third-order valence-corrected chi connectivity index (χ3v) is 4.07. The summed E-state index contributed by atoms with van der Waals surface area (Å²) in [5.74, 6) is 0.637. The lowest BCUT2D eigenvalue weighted by Gasteiger charge is -2.28. The van der Waals surface area contributed by atoms with Gasteiger partial charge >= 0.3 is 6.09 Å². The van der Waals surface area contributed by atoms with Crippen LogP contribution in [-0.4, -0.2) is 29.4 Å². The number of fused-ring (bicyclic) bond motifs is 1. The van der Waals surface area contributed by atoms with E-state index in [4.69, 9.17) is 4.74 Å². The Morgan fingerprint density at radius 2 is 2.10 bits per heavy atom. The summed E-state index contributed by atoms with van der Waals surface area (Å²) < 4.78 is 5.50. The van der Waals surface area contributed by atoms with Crippen molar-refractivity contribution in [3.8, 4) is 0 Å². The number of hydrogen-bond acceptors (Lipinski definition) is 3. The predicted octanol–water partition coefficient (Wildman–Crippen LogP) is 3.22. The highest BCUT2D eigenvalue weighted by Gasteiger charge is 2.39. The molecule has 0 radical (unpaired) electrons. The average molecular weight is 289 g/mol. The van der Waals surface area contributed by atoms with E-state index in [-0.39, 0.29) is 18.7 Å². The molecule has 1 aliphatic carbocycles. The minimum atomic E-state index is -0.534. The van der Waals surface area contributed by atoms with Gasteiger partial charge in [-0.15, -0.1) is 0 Å². The summed E-state index contributed by atoms with van der Waals surface area (Å²) in [6.45, 7) is 5.53. The van der Waals surface area contributed by atoms with Crippen molar-refractivity contribution in [1.82, 2.24) is 0 Å². The number of anilines is 1. The highest BCUT2D eigenvalue weighted by Crippen LogP contribution is 2.46. The van der Waals surface area contributed by atoms with Crippen LogP contribution in [0.5, 0.6) is 0 Å². The summed E-state index contributed by atoms with van der Waals surface area (Å²) in [5, 5.41) is 9.65. The van der Waals surface area contributed by atoms with Gasteiger partial charge in [-0.2, -0.15) is 0 Å². The van der Waals surface area contributed by atoms with Gasteiger partial charge in [-0.3, -0.25) is 4.90 Å². The summed E-state index contributed by atoms with van der Waals surface area (Å²) in [6.07, 6.45) is 2.81. The van der Waals surface area contributed by atoms with E-state index in [1.807, 2.05) is 32.9 Å². The van der Waals surface area contributed by atoms with E-state index >= 15 is 0 Å². The number of aliphatic hydroxyl groups excluding tert-OH is 1. The first-order chi connectivity index (χ1) is 9.90. The average Bonchev–Trinajstić information content (AvgIpc) is 3.15. The lowest BCUT2D eigenvalue weighted by atomic mass is 10.00. The summed E-state index contributed by atoms with van der Waals surface area (Å²) in [5.41, 5.74) is 2.93. The molecule has 0 saturated heterocycles. The second-order valence-corrected chi connectivity index (χ2v) is 7.01. The Balaban J connectivity index is 1.94. The molecule has 4 nitrogen and oxygen atoms in total. The maximum atomic E-state index is 12.5. The minimum absolute atomic E-state index is 0.0436. The molecule has 0 aromatic heterocycles. The van der Waals surface area contributed by atoms with E-state index in [2.05, 4.69) is 6.07 Å². The van der Waals surface area contributed by atoms with Gasteiger partial charge in [-0.05, 0) is 63.1 Å². The van der Waals surface area contributed by atoms with Crippen molar-refractivity contribution in [3.63, 3.8) is 0 Å². The smallest absolute Gasteiger partial charge is 0.415 e. The molecule has 1 aliphatic heterocycles. The Morgan fingerprint density at radius 3 is 2.67 bits per heavy atom. The van der Waals surface area contributed by atoms with Crippen LogP contribution >= 0.6 is 0 Å². The molecule has 4 heteroatoms. The number of carbonyl (C=O) groups excluding carboxylic acids is 1. The lowest BCUT2D eigenvalue weighted by Crippen LogP contribution is -2.43. The van der Waals surface area contributed by atoms with Gasteiger partial charge in [0.1, 0.15) is 5.60 Å². The summed E-state index contributed by atoms with van der Waals surface area (Å²) in [6, 6.07) is 5.91. The second kappa shape index (κ2) is 5.02. The quantitative estimate of drug-likeness (QED) is 0.909. The molecule has 1 amide bonds. The molecule has 2 aliphatic rings. The number of hydrogen-bond donors (Lipinski definition) is 1. The van der Waals surface area contributed by atoms with Crippen molar-refractivity contribution >= 4 is 11.8 Å². The Labute approximate surface area is 125 Å². The van der Waals surface area contributed by atoms with Crippen LogP contribution in [0.15, 0.2) is 18.2 Å². The third kappa shape index (κ3) is 2.77. The molecule has 1 N–H and O–H groups in total. The normalized spacial score (nSPS) is 21.3. The molecule has 1 fully saturated rings. The summed E-state index contributed by atoms with van der Waals surface area (Å²) in [4.78, 5) is 14.1. The Kier molecular flexibility index (Phi) is 3.44. The van der Waals surface area contributed by atoms with Crippen LogP contribution < -0.4 is 4.90 Å². The minimum Gasteiger partial charge on any atom is -0.443 e. The van der Waals surface area contributed by atoms with Crippen LogP contribution in [0.2, 0.25) is 0 Å². The largest absolute Gasteiger partial charge is 0.443 e. The second-order valence-electron chi connectivity index (χ2n) is 7.01. The van der Waals surface area contributed by atoms with E-state index < -0.39 is 5.60 Å². The van der Waals surface area contributed by atoms with E-state index in [1.165, 1.54) is 24.0 Å². The van der Waals surface area contributed by atoms with Gasteiger partial charge in [-0.1, -0.05) is 12.1 Å². The van der Waals surface area contributed by atoms with Gasteiger partial charge in [0, 0.05) is 0 Å². The van der Waals surface area contributed by atoms with Crippen molar-refractivity contribution in [2.45, 2.75) is 57.6 Å². The predicted molar refractivity (Wildman–Crippen MR) is 81.7 cm³/mol. The van der Waals surface area contributed by atoms with Crippen LogP contribution in [0.3, 0.4) is 0 Å². The zero-order valence-electron chi connectivity index (χ0n) is 12.9. The van der Waals surface area contributed by atoms with E-state index in [1.54, 1.807) is 4.90 Å². The monoisotopic (exact) mass is 289 g/mol. The van der Waals surface area contributed by atoms with Crippen molar-refractivity contribution in [1.29, 1.82) is 0 Å². The van der Waals surface area contributed by atoms with Gasteiger partial charge in [-0.25, -0.2) is 4.79 Å². The topological polar surface area (TPSA) is 49.8 Å². The third-order valence-electron chi connectivity index (χ3n) is 4.07. The SMILES string of the molecule is CC(C)(C)OC(=O)N1c2cccc(C3CC3)c2C[C@H]1CO. The van der Waals surface area contributed by atoms with Crippen molar-refractivity contribution in [2.24, 2.45) is 0 Å². The molecular weight excluding hydrogens is 266 g/mol. The van der Waals surface area contributed by atoms with Crippen molar-refractivity contribution < 1.29 is 14.6 Å². The molecule has 1 aromatic carbocycles. The molecule has 114 valence electrons. The fourth-order valence-corrected chi connectivity index (χ4v) is 3.05. The van der Waals surface area contributed by atoms with Gasteiger partial charge in [0.15, 0.2) is 0 Å². The van der Waals surface area contributed by atoms with Crippen LogP contribution in [0, 0.1) is 0 Å². The number of carbonyl (C=O) groups is 1. The molecule has 1 heterocycles. The van der Waals surface area contributed by atoms with Crippen LogP contribution in [0.1, 0.15) is 50.7 Å². The van der Waals surface area contributed by atoms with E-state index in [9.17, 15) is 9.90 Å². The first-order valence-corrected chi connectivity index (χ1v) is 7.65. The first kappa shape index (κ1) is 14.4. The van der Waals surface area contributed by atoms with Gasteiger partial charge < -0.3 is 9.84 Å².